The average molecular weight is 280 g/mol. The Hall–Kier alpha value is -1.59. The summed E-state index contributed by atoms with van der Waals surface area (Å²) in [4.78, 5) is 8.92. The Morgan fingerprint density at radius 1 is 1.21 bits per heavy atom. The third-order valence-electron chi connectivity index (χ3n) is 3.24. The molecule has 0 bridgehead atoms. The van der Waals surface area contributed by atoms with Gasteiger partial charge in [-0.1, -0.05) is 12.1 Å². The lowest BCUT2D eigenvalue weighted by Gasteiger charge is -2.24. The molecule has 0 saturated carbocycles. The Morgan fingerprint density at radius 2 is 1.95 bits per heavy atom. The predicted molar refractivity (Wildman–Crippen MR) is 80.7 cm³/mol. The number of rotatable bonds is 2. The minimum atomic E-state index is 0. The summed E-state index contributed by atoms with van der Waals surface area (Å²) in [6, 6.07) is 8.15. The van der Waals surface area contributed by atoms with Crippen molar-refractivity contribution in [2.75, 3.05) is 24.1 Å². The second kappa shape index (κ2) is 6.04. The molecule has 1 aliphatic rings. The first-order valence-corrected chi connectivity index (χ1v) is 6.32. The molecule has 1 aromatic heterocycles. The second-order valence-corrected chi connectivity index (χ2v) is 4.63. The zero-order chi connectivity index (χ0) is 12.4. The molecule has 2 aromatic rings. The molecule has 0 unspecified atom stereocenters. The number of anilines is 2. The van der Waals surface area contributed by atoms with Gasteiger partial charge in [0.25, 0.3) is 0 Å². The Balaban J connectivity index is 0.00000133. The number of hydrogen-bond acceptors (Lipinski definition) is 5. The number of fused-ring (bicyclic) bond motifs is 1. The van der Waals surface area contributed by atoms with E-state index in [1.54, 1.807) is 0 Å². The minimum absolute atomic E-state index is 0. The quantitative estimate of drug-likeness (QED) is 0.781. The summed E-state index contributed by atoms with van der Waals surface area (Å²) in [5.74, 6) is 1.17. The highest BCUT2D eigenvalue weighted by molar-refractivity contribution is 5.85. The van der Waals surface area contributed by atoms with Gasteiger partial charge in [0.1, 0.15) is 0 Å². The summed E-state index contributed by atoms with van der Waals surface area (Å²) in [5, 5.41) is 6.74. The fourth-order valence-electron chi connectivity index (χ4n) is 2.29. The van der Waals surface area contributed by atoms with Gasteiger partial charge >= 0.3 is 0 Å². The Labute approximate surface area is 118 Å². The fraction of sp³-hybridized carbons (Fsp3) is 0.385. The number of nitrogens with one attached hydrogen (secondary N) is 2. The number of piperidine rings is 1. The number of aromatic nitrogens is 2. The highest BCUT2D eigenvalue weighted by Gasteiger charge is 2.15. The van der Waals surface area contributed by atoms with Crippen LogP contribution in [0.25, 0.3) is 11.0 Å². The molecule has 19 heavy (non-hydrogen) atoms. The molecule has 1 saturated heterocycles. The number of nitrogen functional groups attached to an aromatic ring is 1. The van der Waals surface area contributed by atoms with Gasteiger partial charge in [-0.05, 0) is 31.5 Å². The molecule has 5 nitrogen and oxygen atoms in total. The van der Waals surface area contributed by atoms with Gasteiger partial charge in [0.15, 0.2) is 11.6 Å². The molecule has 3 rings (SSSR count). The SMILES string of the molecule is Cl.Nc1nc2ccccc2nc1N[C@H]1CCCNC1. The van der Waals surface area contributed by atoms with Crippen LogP contribution in [0.1, 0.15) is 12.8 Å². The summed E-state index contributed by atoms with van der Waals surface area (Å²) >= 11 is 0. The van der Waals surface area contributed by atoms with Crippen LogP contribution in [0.4, 0.5) is 11.6 Å². The third kappa shape index (κ3) is 3.05. The van der Waals surface area contributed by atoms with Crippen molar-refractivity contribution in [3.05, 3.63) is 24.3 Å². The van der Waals surface area contributed by atoms with E-state index >= 15 is 0 Å². The molecule has 0 spiro atoms. The summed E-state index contributed by atoms with van der Waals surface area (Å²) in [5.41, 5.74) is 7.66. The van der Waals surface area contributed by atoms with E-state index in [1.807, 2.05) is 24.3 Å². The minimum Gasteiger partial charge on any atom is -0.381 e. The molecule has 0 aliphatic carbocycles. The van der Waals surface area contributed by atoms with Gasteiger partial charge in [-0.15, -0.1) is 12.4 Å². The summed E-state index contributed by atoms with van der Waals surface area (Å²) in [6.45, 7) is 2.05. The molecule has 1 aliphatic heterocycles. The first-order valence-electron chi connectivity index (χ1n) is 6.32. The van der Waals surface area contributed by atoms with Crippen molar-refractivity contribution in [3.8, 4) is 0 Å². The van der Waals surface area contributed by atoms with Crippen molar-refractivity contribution in [1.29, 1.82) is 0 Å². The third-order valence-corrected chi connectivity index (χ3v) is 3.24. The van der Waals surface area contributed by atoms with Crippen molar-refractivity contribution >= 4 is 35.1 Å². The van der Waals surface area contributed by atoms with Gasteiger partial charge in [0.2, 0.25) is 0 Å². The van der Waals surface area contributed by atoms with Crippen LogP contribution in [0.15, 0.2) is 24.3 Å². The Morgan fingerprint density at radius 3 is 2.63 bits per heavy atom. The van der Waals surface area contributed by atoms with Crippen LogP contribution in [0, 0.1) is 0 Å². The average Bonchev–Trinajstić information content (AvgIpc) is 2.41. The first-order chi connectivity index (χ1) is 8.83. The van der Waals surface area contributed by atoms with Gasteiger partial charge in [-0.2, -0.15) is 0 Å². The molecular weight excluding hydrogens is 262 g/mol. The van der Waals surface area contributed by atoms with E-state index in [4.69, 9.17) is 5.73 Å². The molecule has 1 aromatic carbocycles. The molecule has 4 N–H and O–H groups in total. The highest BCUT2D eigenvalue weighted by atomic mass is 35.5. The van der Waals surface area contributed by atoms with E-state index in [2.05, 4.69) is 20.6 Å². The van der Waals surface area contributed by atoms with Gasteiger partial charge < -0.3 is 16.4 Å². The molecular formula is C13H18ClN5. The number of nitrogens with zero attached hydrogens (tertiary/aromatic N) is 2. The number of nitrogens with two attached hydrogens (primary N) is 1. The summed E-state index contributed by atoms with van der Waals surface area (Å²) in [6.07, 6.45) is 2.32. The van der Waals surface area contributed by atoms with Crippen molar-refractivity contribution in [2.45, 2.75) is 18.9 Å². The maximum atomic E-state index is 5.95. The molecule has 102 valence electrons. The van der Waals surface area contributed by atoms with E-state index in [9.17, 15) is 0 Å². The fourth-order valence-corrected chi connectivity index (χ4v) is 2.29. The van der Waals surface area contributed by atoms with Crippen molar-refractivity contribution in [3.63, 3.8) is 0 Å². The molecule has 0 radical (unpaired) electrons. The maximum Gasteiger partial charge on any atom is 0.169 e. The molecule has 0 amide bonds. The smallest absolute Gasteiger partial charge is 0.169 e. The molecule has 2 heterocycles. The molecule has 1 atom stereocenters. The lowest BCUT2D eigenvalue weighted by molar-refractivity contribution is 0.479. The van der Waals surface area contributed by atoms with E-state index in [0.29, 0.717) is 17.7 Å². The normalized spacial score (nSPS) is 18.8. The van der Waals surface area contributed by atoms with Crippen LogP contribution in [0.3, 0.4) is 0 Å². The molecule has 1 fully saturated rings. The zero-order valence-electron chi connectivity index (χ0n) is 10.6. The van der Waals surface area contributed by atoms with Gasteiger partial charge in [0, 0.05) is 12.6 Å². The van der Waals surface area contributed by atoms with Gasteiger partial charge in [0.05, 0.1) is 11.0 Å². The van der Waals surface area contributed by atoms with Crippen molar-refractivity contribution in [2.24, 2.45) is 0 Å². The van der Waals surface area contributed by atoms with E-state index < -0.39 is 0 Å². The largest absolute Gasteiger partial charge is 0.381 e. The maximum absolute atomic E-state index is 5.95. The van der Waals surface area contributed by atoms with Crippen LogP contribution in [-0.2, 0) is 0 Å². The van der Waals surface area contributed by atoms with Crippen LogP contribution in [0.2, 0.25) is 0 Å². The summed E-state index contributed by atoms with van der Waals surface area (Å²) in [7, 11) is 0. The molecule has 6 heteroatoms. The van der Waals surface area contributed by atoms with Crippen LogP contribution in [-0.4, -0.2) is 29.1 Å². The first kappa shape index (κ1) is 13.8. The monoisotopic (exact) mass is 279 g/mol. The van der Waals surface area contributed by atoms with Crippen LogP contribution in [0.5, 0.6) is 0 Å². The Kier molecular flexibility index (Phi) is 4.39. The van der Waals surface area contributed by atoms with Crippen molar-refractivity contribution < 1.29 is 0 Å². The zero-order valence-corrected chi connectivity index (χ0v) is 11.4. The van der Waals surface area contributed by atoms with Gasteiger partial charge in [-0.3, -0.25) is 0 Å². The lowest BCUT2D eigenvalue weighted by Crippen LogP contribution is -2.38. The van der Waals surface area contributed by atoms with Crippen molar-refractivity contribution in [1.82, 2.24) is 15.3 Å². The van der Waals surface area contributed by atoms with E-state index in [-0.39, 0.29) is 12.4 Å². The van der Waals surface area contributed by atoms with Crippen LogP contribution >= 0.6 is 12.4 Å². The predicted octanol–water partition coefficient (Wildman–Crippen LogP) is 1.80. The van der Waals surface area contributed by atoms with Gasteiger partial charge in [-0.25, -0.2) is 9.97 Å². The standard InChI is InChI=1S/C13H17N5.ClH/c14-12-13(16-9-4-3-7-15-8-9)18-11-6-2-1-5-10(11)17-12;/h1-2,5-6,9,15H,3-4,7-8H2,(H2,14,17)(H,16,18);1H/t9-;/m0./s1. The number of benzene rings is 1. The Bertz CT molecular complexity index is 554. The van der Waals surface area contributed by atoms with E-state index in [1.165, 1.54) is 6.42 Å². The number of para-hydroxylation sites is 2. The topological polar surface area (TPSA) is 75.9 Å². The van der Waals surface area contributed by atoms with Crippen LogP contribution < -0.4 is 16.4 Å². The second-order valence-electron chi connectivity index (χ2n) is 4.63. The number of halogens is 1. The lowest BCUT2D eigenvalue weighted by atomic mass is 10.1. The summed E-state index contributed by atoms with van der Waals surface area (Å²) < 4.78 is 0. The number of hydrogen-bond donors (Lipinski definition) is 3. The van der Waals surface area contributed by atoms with E-state index in [0.717, 1.165) is 30.5 Å². The highest BCUT2D eigenvalue weighted by Crippen LogP contribution is 2.20.